The first-order valence-electron chi connectivity index (χ1n) is 13.6. The Kier molecular flexibility index (Phi) is 6.40. The summed E-state index contributed by atoms with van der Waals surface area (Å²) < 4.78 is 19.1. The lowest BCUT2D eigenvalue weighted by Gasteiger charge is -2.18. The highest BCUT2D eigenvalue weighted by Gasteiger charge is 2.35. The molecule has 214 valence electrons. The van der Waals surface area contributed by atoms with Crippen LogP contribution >= 0.6 is 11.6 Å². The van der Waals surface area contributed by atoms with Crippen molar-refractivity contribution in [3.63, 3.8) is 0 Å². The third-order valence-corrected chi connectivity index (χ3v) is 8.12. The Balaban J connectivity index is 1.19. The zero-order chi connectivity index (χ0) is 29.8. The number of alkyl halides is 1. The van der Waals surface area contributed by atoms with Gasteiger partial charge in [0.2, 0.25) is 0 Å². The monoisotopic (exact) mass is 594 g/mol. The average Bonchev–Trinajstić information content (AvgIpc) is 3.71. The minimum absolute atomic E-state index is 0.107. The molecule has 3 heterocycles. The predicted molar refractivity (Wildman–Crippen MR) is 165 cm³/mol. The maximum absolute atomic E-state index is 13.9. The number of hydrogen-bond acceptors (Lipinski definition) is 4. The summed E-state index contributed by atoms with van der Waals surface area (Å²) in [5.41, 5.74) is 4.16. The number of benzene rings is 4. The molecule has 2 amide bonds. The first-order valence-corrected chi connectivity index (χ1v) is 14.2. The lowest BCUT2D eigenvalue weighted by molar-refractivity contribution is -0.131. The molecule has 0 bridgehead atoms. The van der Waals surface area contributed by atoms with Gasteiger partial charge in [0.15, 0.2) is 0 Å². The number of rotatable bonds is 5. The zero-order valence-corrected chi connectivity index (χ0v) is 23.6. The Hall–Kier alpha value is -5.15. The van der Waals surface area contributed by atoms with Crippen LogP contribution in [-0.4, -0.2) is 40.2 Å². The van der Waals surface area contributed by atoms with E-state index in [2.05, 4.69) is 15.3 Å². The number of hydrogen-bond donors (Lipinski definition) is 3. The maximum atomic E-state index is 13.9. The van der Waals surface area contributed by atoms with Gasteiger partial charge in [0, 0.05) is 64.2 Å². The SMILES string of the molecule is CC(=O)Oc1cc2c(c3ccccc13)C(CCl)CN2C(=O)c1cc2cc(NC(=O)c3cc4cc(F)ccc4[nH]3)ccc2[nH]1. The highest BCUT2D eigenvalue weighted by Crippen LogP contribution is 2.46. The first-order chi connectivity index (χ1) is 20.8. The molecule has 2 aromatic heterocycles. The van der Waals surface area contributed by atoms with Crippen LogP contribution in [0.5, 0.6) is 5.75 Å². The van der Waals surface area contributed by atoms with Gasteiger partial charge in [-0.15, -0.1) is 11.6 Å². The van der Waals surface area contributed by atoms with Gasteiger partial charge < -0.3 is 24.9 Å². The topological polar surface area (TPSA) is 107 Å². The van der Waals surface area contributed by atoms with Crippen molar-refractivity contribution in [1.29, 1.82) is 0 Å². The van der Waals surface area contributed by atoms with Crippen molar-refractivity contribution in [2.24, 2.45) is 0 Å². The number of halogens is 2. The molecule has 7 rings (SSSR count). The molecule has 1 aliphatic rings. The quantitative estimate of drug-likeness (QED) is 0.112. The summed E-state index contributed by atoms with van der Waals surface area (Å²) in [7, 11) is 0. The summed E-state index contributed by atoms with van der Waals surface area (Å²) >= 11 is 6.39. The third kappa shape index (κ3) is 4.67. The highest BCUT2D eigenvalue weighted by atomic mass is 35.5. The molecule has 6 aromatic rings. The molecule has 0 spiro atoms. The Morgan fingerprint density at radius 2 is 1.63 bits per heavy atom. The van der Waals surface area contributed by atoms with Crippen LogP contribution in [0.4, 0.5) is 15.8 Å². The number of aromatic amines is 2. The number of amides is 2. The van der Waals surface area contributed by atoms with Crippen LogP contribution in [-0.2, 0) is 4.79 Å². The normalized spacial score (nSPS) is 14.4. The molecule has 10 heteroatoms. The second kappa shape index (κ2) is 10.3. The van der Waals surface area contributed by atoms with Crippen molar-refractivity contribution in [3.8, 4) is 5.75 Å². The number of esters is 1. The molecule has 0 radical (unpaired) electrons. The lowest BCUT2D eigenvalue weighted by atomic mass is 9.95. The summed E-state index contributed by atoms with van der Waals surface area (Å²) in [5.74, 6) is -0.877. The molecule has 0 saturated carbocycles. The van der Waals surface area contributed by atoms with Gasteiger partial charge in [0.25, 0.3) is 11.8 Å². The van der Waals surface area contributed by atoms with Gasteiger partial charge in [-0.05, 0) is 59.5 Å². The molecular formula is C33H24ClFN4O4. The van der Waals surface area contributed by atoms with E-state index in [4.69, 9.17) is 16.3 Å². The van der Waals surface area contributed by atoms with Crippen LogP contribution in [0.1, 0.15) is 39.4 Å². The number of nitrogens with one attached hydrogen (secondary N) is 3. The van der Waals surface area contributed by atoms with E-state index in [1.54, 1.807) is 47.4 Å². The van der Waals surface area contributed by atoms with Gasteiger partial charge in [-0.25, -0.2) is 4.39 Å². The molecular weight excluding hydrogens is 571 g/mol. The molecule has 43 heavy (non-hydrogen) atoms. The van der Waals surface area contributed by atoms with Crippen molar-refractivity contribution in [1.82, 2.24) is 9.97 Å². The Bertz CT molecular complexity index is 2120. The molecule has 0 saturated heterocycles. The van der Waals surface area contributed by atoms with Gasteiger partial charge in [-0.2, -0.15) is 0 Å². The van der Waals surface area contributed by atoms with Crippen LogP contribution in [0.15, 0.2) is 78.9 Å². The van der Waals surface area contributed by atoms with Gasteiger partial charge in [-0.1, -0.05) is 24.3 Å². The van der Waals surface area contributed by atoms with Crippen LogP contribution in [0.3, 0.4) is 0 Å². The van der Waals surface area contributed by atoms with Gasteiger partial charge in [0.1, 0.15) is 23.0 Å². The fourth-order valence-corrected chi connectivity index (χ4v) is 6.12. The Morgan fingerprint density at radius 3 is 2.40 bits per heavy atom. The second-order valence-electron chi connectivity index (χ2n) is 10.6. The number of anilines is 2. The van der Waals surface area contributed by atoms with E-state index in [9.17, 15) is 18.8 Å². The van der Waals surface area contributed by atoms with Gasteiger partial charge in [0.05, 0.1) is 5.69 Å². The number of carbonyl (C=O) groups excluding carboxylic acids is 3. The summed E-state index contributed by atoms with van der Waals surface area (Å²) in [6.07, 6.45) is 0. The van der Waals surface area contributed by atoms with Gasteiger partial charge >= 0.3 is 5.97 Å². The molecule has 0 fully saturated rings. The standard InChI is InChI=1S/C33H24ClFN4O4/c1-17(40)43-30-14-29-31(24-5-3-2-4-23(24)30)20(15-34)16-39(29)33(42)28-13-19-11-22(7-9-26(19)38-28)36-32(41)27-12-18-10-21(35)6-8-25(18)37-27/h2-14,20,37-38H,15-16H2,1H3,(H,36,41). The third-order valence-electron chi connectivity index (χ3n) is 7.75. The Labute approximate surface area is 249 Å². The summed E-state index contributed by atoms with van der Waals surface area (Å²) in [4.78, 5) is 46.5. The van der Waals surface area contributed by atoms with E-state index in [0.29, 0.717) is 51.8 Å². The Morgan fingerprint density at radius 1 is 0.930 bits per heavy atom. The van der Waals surface area contributed by atoms with E-state index in [0.717, 1.165) is 27.2 Å². The van der Waals surface area contributed by atoms with Crippen molar-refractivity contribution in [3.05, 3.63) is 102 Å². The van der Waals surface area contributed by atoms with E-state index >= 15 is 0 Å². The zero-order valence-electron chi connectivity index (χ0n) is 22.8. The number of ether oxygens (including phenoxy) is 1. The first kappa shape index (κ1) is 26.7. The molecule has 4 aromatic carbocycles. The van der Waals surface area contributed by atoms with Crippen molar-refractivity contribution in [2.75, 3.05) is 22.6 Å². The van der Waals surface area contributed by atoms with E-state index < -0.39 is 5.97 Å². The number of aromatic nitrogens is 2. The minimum Gasteiger partial charge on any atom is -0.426 e. The maximum Gasteiger partial charge on any atom is 0.308 e. The smallest absolute Gasteiger partial charge is 0.308 e. The van der Waals surface area contributed by atoms with Crippen LogP contribution in [0, 0.1) is 5.82 Å². The number of carbonyl (C=O) groups is 3. The van der Waals surface area contributed by atoms with Gasteiger partial charge in [-0.3, -0.25) is 14.4 Å². The van der Waals surface area contributed by atoms with E-state index in [-0.39, 0.29) is 23.5 Å². The molecule has 3 N–H and O–H groups in total. The molecule has 1 atom stereocenters. The summed E-state index contributed by atoms with van der Waals surface area (Å²) in [6.45, 7) is 1.71. The molecule has 1 unspecified atom stereocenters. The largest absolute Gasteiger partial charge is 0.426 e. The van der Waals surface area contributed by atoms with Crippen molar-refractivity contribution in [2.45, 2.75) is 12.8 Å². The molecule has 8 nitrogen and oxygen atoms in total. The van der Waals surface area contributed by atoms with Crippen molar-refractivity contribution < 1.29 is 23.5 Å². The number of fused-ring (bicyclic) bond motifs is 5. The average molecular weight is 595 g/mol. The highest BCUT2D eigenvalue weighted by molar-refractivity contribution is 6.19. The number of H-pyrrole nitrogens is 2. The second-order valence-corrected chi connectivity index (χ2v) is 10.9. The predicted octanol–water partition coefficient (Wildman–Crippen LogP) is 7.10. The van der Waals surface area contributed by atoms with Crippen LogP contribution < -0.4 is 15.0 Å². The van der Waals surface area contributed by atoms with Crippen LogP contribution in [0.25, 0.3) is 32.6 Å². The summed E-state index contributed by atoms with van der Waals surface area (Å²) in [5, 5.41) is 5.85. The summed E-state index contributed by atoms with van der Waals surface area (Å²) in [6, 6.07) is 22.2. The number of nitrogens with zero attached hydrogens (tertiary/aromatic N) is 1. The van der Waals surface area contributed by atoms with Crippen molar-refractivity contribution >= 4 is 73.3 Å². The lowest BCUT2D eigenvalue weighted by Crippen LogP contribution is -2.30. The fourth-order valence-electron chi connectivity index (χ4n) is 5.87. The minimum atomic E-state index is -0.452. The van der Waals surface area contributed by atoms with E-state index in [1.165, 1.54) is 19.1 Å². The fraction of sp³-hybridized carbons (Fsp3) is 0.121. The molecule has 1 aliphatic heterocycles. The van der Waals surface area contributed by atoms with E-state index in [1.807, 2.05) is 24.3 Å². The van der Waals surface area contributed by atoms with Crippen LogP contribution in [0.2, 0.25) is 0 Å². The molecule has 0 aliphatic carbocycles.